The normalized spacial score (nSPS) is 9.55. The highest BCUT2D eigenvalue weighted by Crippen LogP contribution is 2.09. The first-order chi connectivity index (χ1) is 9.58. The Balaban J connectivity index is 2.89. The Labute approximate surface area is 117 Å². The number of rotatable bonds is 6. The predicted octanol–water partition coefficient (Wildman–Crippen LogP) is 1.81. The van der Waals surface area contributed by atoms with E-state index >= 15 is 0 Å². The van der Waals surface area contributed by atoms with Gasteiger partial charge in [-0.3, -0.25) is 4.98 Å². The maximum Gasteiger partial charge on any atom is 0.347 e. The van der Waals surface area contributed by atoms with E-state index in [4.69, 9.17) is 9.47 Å². The number of carbonyl (C=O) groups is 2. The standard InChI is InChI=1S/C14H18N2O4/c1-4-19-13(17)12(14(18)20-5-2)9-16-11-6-10(3)7-15-8-11/h6-9,16H,4-5H2,1-3H3. The van der Waals surface area contributed by atoms with Gasteiger partial charge in [-0.15, -0.1) is 0 Å². The number of carbonyl (C=O) groups excluding carboxylic acids is 2. The Morgan fingerprint density at radius 3 is 2.30 bits per heavy atom. The van der Waals surface area contributed by atoms with E-state index in [1.807, 2.05) is 13.0 Å². The van der Waals surface area contributed by atoms with Crippen LogP contribution in [-0.4, -0.2) is 30.1 Å². The maximum absolute atomic E-state index is 11.7. The number of hydrogen-bond acceptors (Lipinski definition) is 6. The highest BCUT2D eigenvalue weighted by molar-refractivity contribution is 6.14. The molecule has 0 fully saturated rings. The van der Waals surface area contributed by atoms with Crippen molar-refractivity contribution in [3.8, 4) is 0 Å². The minimum atomic E-state index is -0.723. The molecule has 6 nitrogen and oxygen atoms in total. The molecule has 0 saturated carbocycles. The van der Waals surface area contributed by atoms with Crippen LogP contribution in [0.1, 0.15) is 19.4 Å². The van der Waals surface area contributed by atoms with Gasteiger partial charge in [0.2, 0.25) is 0 Å². The van der Waals surface area contributed by atoms with Gasteiger partial charge >= 0.3 is 11.9 Å². The van der Waals surface area contributed by atoms with Gasteiger partial charge in [-0.25, -0.2) is 9.59 Å². The molecule has 0 aliphatic heterocycles. The summed E-state index contributed by atoms with van der Waals surface area (Å²) in [5, 5.41) is 2.84. The van der Waals surface area contributed by atoms with Gasteiger partial charge in [-0.05, 0) is 32.4 Å². The van der Waals surface area contributed by atoms with Gasteiger partial charge in [0.05, 0.1) is 25.1 Å². The molecular formula is C14H18N2O4. The first-order valence-corrected chi connectivity index (χ1v) is 6.31. The van der Waals surface area contributed by atoms with Crippen LogP contribution in [0.25, 0.3) is 0 Å². The molecule has 0 spiro atoms. The number of nitrogens with zero attached hydrogens (tertiary/aromatic N) is 1. The molecule has 1 heterocycles. The van der Waals surface area contributed by atoms with Gasteiger partial charge < -0.3 is 14.8 Å². The van der Waals surface area contributed by atoms with E-state index in [-0.39, 0.29) is 18.8 Å². The van der Waals surface area contributed by atoms with Gasteiger partial charge in [-0.1, -0.05) is 0 Å². The molecule has 108 valence electrons. The predicted molar refractivity (Wildman–Crippen MR) is 73.9 cm³/mol. The van der Waals surface area contributed by atoms with Crippen LogP contribution in [0, 0.1) is 6.92 Å². The van der Waals surface area contributed by atoms with Crippen molar-refractivity contribution in [1.29, 1.82) is 0 Å². The SMILES string of the molecule is CCOC(=O)C(=CNc1cncc(C)c1)C(=O)OCC. The first kappa shape index (κ1) is 15.7. The average molecular weight is 278 g/mol. The van der Waals surface area contributed by atoms with Crippen LogP contribution in [0.3, 0.4) is 0 Å². The second kappa shape index (κ2) is 7.93. The second-order valence-corrected chi connectivity index (χ2v) is 3.89. The van der Waals surface area contributed by atoms with E-state index in [0.29, 0.717) is 5.69 Å². The van der Waals surface area contributed by atoms with E-state index in [1.54, 1.807) is 26.2 Å². The molecule has 0 aliphatic carbocycles. The molecule has 0 unspecified atom stereocenters. The van der Waals surface area contributed by atoms with Gasteiger partial charge in [0.15, 0.2) is 5.57 Å². The van der Waals surface area contributed by atoms with Crippen molar-refractivity contribution in [2.75, 3.05) is 18.5 Å². The van der Waals surface area contributed by atoms with E-state index in [1.165, 1.54) is 6.20 Å². The molecule has 0 aromatic carbocycles. The number of pyridine rings is 1. The monoisotopic (exact) mass is 278 g/mol. The lowest BCUT2D eigenvalue weighted by Gasteiger charge is -2.07. The zero-order valence-corrected chi connectivity index (χ0v) is 11.8. The van der Waals surface area contributed by atoms with Crippen LogP contribution in [-0.2, 0) is 19.1 Å². The zero-order valence-electron chi connectivity index (χ0n) is 11.8. The molecule has 0 aliphatic rings. The van der Waals surface area contributed by atoms with E-state index < -0.39 is 11.9 Å². The summed E-state index contributed by atoms with van der Waals surface area (Å²) in [7, 11) is 0. The Morgan fingerprint density at radius 1 is 1.20 bits per heavy atom. The number of anilines is 1. The number of hydrogen-bond donors (Lipinski definition) is 1. The Bertz CT molecular complexity index is 492. The van der Waals surface area contributed by atoms with Gasteiger partial charge in [0, 0.05) is 12.4 Å². The van der Waals surface area contributed by atoms with Crippen LogP contribution in [0.5, 0.6) is 0 Å². The molecular weight excluding hydrogens is 260 g/mol. The Morgan fingerprint density at radius 2 is 1.80 bits per heavy atom. The third kappa shape index (κ3) is 4.72. The maximum atomic E-state index is 11.7. The molecule has 1 rings (SSSR count). The van der Waals surface area contributed by atoms with E-state index in [2.05, 4.69) is 10.3 Å². The lowest BCUT2D eigenvalue weighted by atomic mass is 10.2. The van der Waals surface area contributed by atoms with Crippen molar-refractivity contribution in [3.63, 3.8) is 0 Å². The molecule has 1 aromatic rings. The van der Waals surface area contributed by atoms with E-state index in [0.717, 1.165) is 5.56 Å². The molecule has 20 heavy (non-hydrogen) atoms. The minimum Gasteiger partial charge on any atom is -0.462 e. The fraction of sp³-hybridized carbons (Fsp3) is 0.357. The first-order valence-electron chi connectivity index (χ1n) is 6.31. The number of nitrogens with one attached hydrogen (secondary N) is 1. The topological polar surface area (TPSA) is 77.5 Å². The molecule has 0 bridgehead atoms. The fourth-order valence-electron chi connectivity index (χ4n) is 1.41. The Hall–Kier alpha value is -2.37. The third-order valence-electron chi connectivity index (χ3n) is 2.25. The summed E-state index contributed by atoms with van der Waals surface area (Å²) in [5.41, 5.74) is 1.43. The number of aromatic nitrogens is 1. The summed E-state index contributed by atoms with van der Waals surface area (Å²) in [6, 6.07) is 1.83. The van der Waals surface area contributed by atoms with Crippen LogP contribution < -0.4 is 5.32 Å². The smallest absolute Gasteiger partial charge is 0.347 e. The van der Waals surface area contributed by atoms with Gasteiger partial charge in [0.25, 0.3) is 0 Å². The highest BCUT2D eigenvalue weighted by Gasteiger charge is 2.20. The highest BCUT2D eigenvalue weighted by atomic mass is 16.6. The van der Waals surface area contributed by atoms with Crippen molar-refractivity contribution in [2.45, 2.75) is 20.8 Å². The fourth-order valence-corrected chi connectivity index (χ4v) is 1.41. The molecule has 0 amide bonds. The quantitative estimate of drug-likeness (QED) is 0.370. The third-order valence-corrected chi connectivity index (χ3v) is 2.25. The number of esters is 2. The molecule has 1 aromatic heterocycles. The van der Waals surface area contributed by atoms with Crippen LogP contribution in [0.2, 0.25) is 0 Å². The largest absolute Gasteiger partial charge is 0.462 e. The van der Waals surface area contributed by atoms with Crippen molar-refractivity contribution in [1.82, 2.24) is 4.98 Å². The molecule has 0 saturated heterocycles. The van der Waals surface area contributed by atoms with Crippen molar-refractivity contribution < 1.29 is 19.1 Å². The van der Waals surface area contributed by atoms with Crippen molar-refractivity contribution >= 4 is 17.6 Å². The zero-order chi connectivity index (χ0) is 15.0. The summed E-state index contributed by atoms with van der Waals surface area (Å²) in [6.45, 7) is 5.58. The molecule has 1 N–H and O–H groups in total. The lowest BCUT2D eigenvalue weighted by Crippen LogP contribution is -2.19. The van der Waals surface area contributed by atoms with Gasteiger partial charge in [-0.2, -0.15) is 0 Å². The summed E-state index contributed by atoms with van der Waals surface area (Å²) in [6.07, 6.45) is 4.55. The van der Waals surface area contributed by atoms with Crippen molar-refractivity contribution in [3.05, 3.63) is 35.8 Å². The average Bonchev–Trinajstić information content (AvgIpc) is 2.39. The summed E-state index contributed by atoms with van der Waals surface area (Å²) in [4.78, 5) is 27.4. The molecule has 0 atom stereocenters. The summed E-state index contributed by atoms with van der Waals surface area (Å²) < 4.78 is 9.64. The van der Waals surface area contributed by atoms with Gasteiger partial charge in [0.1, 0.15) is 0 Å². The lowest BCUT2D eigenvalue weighted by molar-refractivity contribution is -0.146. The summed E-state index contributed by atoms with van der Waals surface area (Å²) in [5.74, 6) is -1.45. The van der Waals surface area contributed by atoms with Crippen LogP contribution in [0.4, 0.5) is 5.69 Å². The van der Waals surface area contributed by atoms with Crippen LogP contribution >= 0.6 is 0 Å². The molecule has 0 radical (unpaired) electrons. The Kier molecular flexibility index (Phi) is 6.22. The number of aryl methyl sites for hydroxylation is 1. The minimum absolute atomic E-state index is 0.182. The van der Waals surface area contributed by atoms with E-state index in [9.17, 15) is 9.59 Å². The van der Waals surface area contributed by atoms with Crippen LogP contribution in [0.15, 0.2) is 30.2 Å². The van der Waals surface area contributed by atoms with Crippen molar-refractivity contribution in [2.24, 2.45) is 0 Å². The summed E-state index contributed by atoms with van der Waals surface area (Å²) >= 11 is 0. The molecule has 6 heteroatoms. The second-order valence-electron chi connectivity index (χ2n) is 3.89. The number of ether oxygens (including phenoxy) is 2.